The van der Waals surface area contributed by atoms with Crippen molar-refractivity contribution in [3.8, 4) is 23.0 Å². The van der Waals surface area contributed by atoms with Gasteiger partial charge in [-0.15, -0.1) is 0 Å². The quantitative estimate of drug-likeness (QED) is 0.440. The van der Waals surface area contributed by atoms with Crippen LogP contribution in [-0.2, 0) is 18.3 Å². The van der Waals surface area contributed by atoms with E-state index in [0.29, 0.717) is 17.1 Å². The molecule has 0 aliphatic rings. The largest absolute Gasteiger partial charge is 0.495 e. The van der Waals surface area contributed by atoms with Crippen LogP contribution < -0.4 is 21.3 Å². The molecule has 0 spiro atoms. The minimum Gasteiger partial charge on any atom is -0.495 e. The number of nitrogens with zero attached hydrogens (tertiary/aromatic N) is 5. The molecule has 4 aromatic rings. The summed E-state index contributed by atoms with van der Waals surface area (Å²) in [6.45, 7) is 1.91. The van der Waals surface area contributed by atoms with Crippen molar-refractivity contribution in [3.63, 3.8) is 0 Å². The van der Waals surface area contributed by atoms with Crippen LogP contribution in [0.4, 0.5) is 5.69 Å². The summed E-state index contributed by atoms with van der Waals surface area (Å²) in [7, 11) is 2.87. The first-order valence-corrected chi connectivity index (χ1v) is 10.4. The Morgan fingerprint density at radius 3 is 2.65 bits per heavy atom. The standard InChI is InChI=1S/C23H22N6O5/c1-14-9-10-17(33-3)16(13-14)24-18(30)11-12-19-25-21(27-34-19)20-22(31)28(2)23(32)29(26-20)15-7-5-4-6-8-15/h4-10,13H,11-12H2,1-3H3,(H,24,30). The first kappa shape index (κ1) is 22.6. The van der Waals surface area contributed by atoms with Gasteiger partial charge in [0.1, 0.15) is 5.75 Å². The highest BCUT2D eigenvalue weighted by Crippen LogP contribution is 2.25. The van der Waals surface area contributed by atoms with Crippen LogP contribution in [-0.4, -0.2) is 37.5 Å². The molecule has 0 unspecified atom stereocenters. The molecular formula is C23H22N6O5. The van der Waals surface area contributed by atoms with Gasteiger partial charge in [-0.1, -0.05) is 29.4 Å². The molecule has 2 aromatic heterocycles. The molecule has 34 heavy (non-hydrogen) atoms. The van der Waals surface area contributed by atoms with Gasteiger partial charge in [-0.25, -0.2) is 4.79 Å². The van der Waals surface area contributed by atoms with Gasteiger partial charge in [-0.05, 0) is 36.8 Å². The van der Waals surface area contributed by atoms with Crippen molar-refractivity contribution in [2.45, 2.75) is 19.8 Å². The van der Waals surface area contributed by atoms with Gasteiger partial charge in [0.2, 0.25) is 17.6 Å². The van der Waals surface area contributed by atoms with E-state index in [1.807, 2.05) is 19.1 Å². The number of amides is 1. The predicted octanol–water partition coefficient (Wildman–Crippen LogP) is 1.87. The molecule has 4 rings (SSSR count). The van der Waals surface area contributed by atoms with Crippen LogP contribution >= 0.6 is 0 Å². The molecule has 0 saturated carbocycles. The SMILES string of the molecule is COc1ccc(C)cc1NC(=O)CCc1nc(-c2nn(-c3ccccc3)c(=O)n(C)c2=O)no1. The van der Waals surface area contributed by atoms with E-state index in [1.165, 1.54) is 14.2 Å². The number of aryl methyl sites for hydroxylation is 2. The van der Waals surface area contributed by atoms with Crippen LogP contribution in [0.5, 0.6) is 5.75 Å². The zero-order chi connectivity index (χ0) is 24.2. The number of nitrogens with one attached hydrogen (secondary N) is 1. The van der Waals surface area contributed by atoms with Crippen molar-refractivity contribution in [3.05, 3.63) is 80.8 Å². The number of hydrogen-bond donors (Lipinski definition) is 1. The summed E-state index contributed by atoms with van der Waals surface area (Å²) in [5.41, 5.74) is 0.616. The van der Waals surface area contributed by atoms with Gasteiger partial charge in [0.05, 0.1) is 18.5 Å². The molecule has 11 nitrogen and oxygen atoms in total. The number of hydrogen-bond acceptors (Lipinski definition) is 8. The molecule has 1 N–H and O–H groups in total. The normalized spacial score (nSPS) is 10.8. The highest BCUT2D eigenvalue weighted by atomic mass is 16.5. The lowest BCUT2D eigenvalue weighted by atomic mass is 10.2. The molecule has 0 atom stereocenters. The molecule has 0 radical (unpaired) electrons. The van der Waals surface area contributed by atoms with E-state index in [-0.39, 0.29) is 36.2 Å². The predicted molar refractivity (Wildman–Crippen MR) is 123 cm³/mol. The smallest absolute Gasteiger partial charge is 0.351 e. The van der Waals surface area contributed by atoms with Gasteiger partial charge in [-0.2, -0.15) is 14.8 Å². The highest BCUT2D eigenvalue weighted by molar-refractivity contribution is 5.92. The second kappa shape index (κ2) is 9.53. The molecule has 0 aliphatic heterocycles. The summed E-state index contributed by atoms with van der Waals surface area (Å²) in [6, 6.07) is 14.1. The number of carbonyl (C=O) groups excluding carboxylic acids is 1. The van der Waals surface area contributed by atoms with Crippen LogP contribution in [0.1, 0.15) is 17.9 Å². The van der Waals surface area contributed by atoms with E-state index in [9.17, 15) is 14.4 Å². The van der Waals surface area contributed by atoms with Crippen molar-refractivity contribution in [2.24, 2.45) is 7.05 Å². The van der Waals surface area contributed by atoms with Crippen molar-refractivity contribution in [2.75, 3.05) is 12.4 Å². The van der Waals surface area contributed by atoms with Crippen molar-refractivity contribution < 1.29 is 14.1 Å². The molecule has 2 aromatic carbocycles. The number of methoxy groups -OCH3 is 1. The second-order valence-electron chi connectivity index (χ2n) is 7.51. The van der Waals surface area contributed by atoms with Crippen LogP contribution in [0.2, 0.25) is 0 Å². The fourth-order valence-electron chi connectivity index (χ4n) is 3.26. The minimum absolute atomic E-state index is 0.0632. The van der Waals surface area contributed by atoms with Gasteiger partial charge in [-0.3, -0.25) is 14.2 Å². The summed E-state index contributed by atoms with van der Waals surface area (Å²) in [4.78, 5) is 41.8. The molecule has 0 fully saturated rings. The van der Waals surface area contributed by atoms with Crippen LogP contribution in [0.3, 0.4) is 0 Å². The zero-order valence-corrected chi connectivity index (χ0v) is 18.8. The van der Waals surface area contributed by atoms with Gasteiger partial charge in [0.25, 0.3) is 5.56 Å². The average Bonchev–Trinajstić information content (AvgIpc) is 3.31. The third-order valence-electron chi connectivity index (χ3n) is 5.05. The lowest BCUT2D eigenvalue weighted by Crippen LogP contribution is -2.40. The highest BCUT2D eigenvalue weighted by Gasteiger charge is 2.19. The van der Waals surface area contributed by atoms with Crippen molar-refractivity contribution in [1.82, 2.24) is 24.5 Å². The molecule has 0 aliphatic carbocycles. The molecule has 0 bridgehead atoms. The van der Waals surface area contributed by atoms with Crippen LogP contribution in [0.15, 0.2) is 62.6 Å². The van der Waals surface area contributed by atoms with Gasteiger partial charge >= 0.3 is 5.69 Å². The summed E-state index contributed by atoms with van der Waals surface area (Å²) in [5.74, 6) is 0.369. The molecule has 11 heteroatoms. The molecule has 174 valence electrons. The van der Waals surface area contributed by atoms with E-state index in [4.69, 9.17) is 9.26 Å². The number of anilines is 1. The summed E-state index contributed by atoms with van der Waals surface area (Å²) >= 11 is 0. The third-order valence-corrected chi connectivity index (χ3v) is 5.05. The van der Waals surface area contributed by atoms with E-state index in [2.05, 4.69) is 20.6 Å². The second-order valence-corrected chi connectivity index (χ2v) is 7.51. The molecule has 1 amide bonds. The maximum Gasteiger partial charge on any atom is 0.351 e. The van der Waals surface area contributed by atoms with Crippen LogP contribution in [0, 0.1) is 6.92 Å². The maximum absolute atomic E-state index is 12.6. The lowest BCUT2D eigenvalue weighted by Gasteiger charge is -2.10. The maximum atomic E-state index is 12.6. The number of aromatic nitrogens is 5. The number of ether oxygens (including phenoxy) is 1. The Kier molecular flexibility index (Phi) is 6.35. The first-order valence-electron chi connectivity index (χ1n) is 10.4. The Labute approximate surface area is 193 Å². The summed E-state index contributed by atoms with van der Waals surface area (Å²) in [5, 5.41) is 10.8. The molecule has 2 heterocycles. The Morgan fingerprint density at radius 2 is 1.91 bits per heavy atom. The number of carbonyl (C=O) groups is 1. The zero-order valence-electron chi connectivity index (χ0n) is 18.8. The Bertz CT molecular complexity index is 1450. The van der Waals surface area contributed by atoms with Gasteiger partial charge < -0.3 is 14.6 Å². The monoisotopic (exact) mass is 462 g/mol. The molecule has 0 saturated heterocycles. The van der Waals surface area contributed by atoms with Crippen LogP contribution in [0.25, 0.3) is 17.2 Å². The van der Waals surface area contributed by atoms with E-state index < -0.39 is 11.2 Å². The Balaban J connectivity index is 1.52. The number of benzene rings is 2. The minimum atomic E-state index is -0.659. The van der Waals surface area contributed by atoms with Gasteiger partial charge in [0.15, 0.2) is 5.69 Å². The average molecular weight is 462 g/mol. The third kappa shape index (κ3) is 4.63. The number of para-hydroxylation sites is 1. The van der Waals surface area contributed by atoms with E-state index in [0.717, 1.165) is 14.8 Å². The summed E-state index contributed by atoms with van der Waals surface area (Å²) < 4.78 is 12.5. The Hall–Kier alpha value is -4.54. The fourth-order valence-corrected chi connectivity index (χ4v) is 3.26. The number of rotatable bonds is 7. The Morgan fingerprint density at radius 1 is 1.15 bits per heavy atom. The van der Waals surface area contributed by atoms with E-state index in [1.54, 1.807) is 36.4 Å². The summed E-state index contributed by atoms with van der Waals surface area (Å²) in [6.07, 6.45) is 0.208. The van der Waals surface area contributed by atoms with Gasteiger partial charge in [0, 0.05) is 19.9 Å². The topological polar surface area (TPSA) is 134 Å². The molecular weight excluding hydrogens is 440 g/mol. The first-order chi connectivity index (χ1) is 16.4. The van der Waals surface area contributed by atoms with E-state index >= 15 is 0 Å². The van der Waals surface area contributed by atoms with Crippen molar-refractivity contribution >= 4 is 11.6 Å². The van der Waals surface area contributed by atoms with Crippen molar-refractivity contribution in [1.29, 1.82) is 0 Å². The fraction of sp³-hybridized carbons (Fsp3) is 0.217. The lowest BCUT2D eigenvalue weighted by molar-refractivity contribution is -0.116.